The molecule has 1 rings (SSSR count). The Hall–Kier alpha value is -1.79. The van der Waals surface area contributed by atoms with Crippen molar-refractivity contribution in [1.29, 1.82) is 0 Å². The van der Waals surface area contributed by atoms with Crippen LogP contribution >= 0.6 is 0 Å². The normalized spacial score (nSPS) is 14.4. The summed E-state index contributed by atoms with van der Waals surface area (Å²) in [6.45, 7) is 6.78. The van der Waals surface area contributed by atoms with Gasteiger partial charge in [0.15, 0.2) is 0 Å². The third-order valence-electron chi connectivity index (χ3n) is 2.80. The predicted molar refractivity (Wildman–Crippen MR) is 78.0 cm³/mol. The minimum Gasteiger partial charge on any atom is -0.508 e. The highest BCUT2D eigenvalue weighted by atomic mass is 16.6. The molecule has 1 aromatic carbocycles. The summed E-state index contributed by atoms with van der Waals surface area (Å²) >= 11 is 0. The number of carbonyl (C=O) groups excluding carboxylic acids is 1. The van der Waals surface area contributed by atoms with Gasteiger partial charge in [0, 0.05) is 6.54 Å². The molecule has 4 N–H and O–H groups in total. The number of rotatable bonds is 4. The summed E-state index contributed by atoms with van der Waals surface area (Å²) in [5, 5.41) is 31.8. The summed E-state index contributed by atoms with van der Waals surface area (Å²) in [7, 11) is 0. The van der Waals surface area contributed by atoms with Crippen molar-refractivity contribution < 1.29 is 24.9 Å². The highest BCUT2D eigenvalue weighted by molar-refractivity contribution is 5.67. The maximum absolute atomic E-state index is 11.5. The van der Waals surface area contributed by atoms with Crippen LogP contribution < -0.4 is 5.32 Å². The van der Waals surface area contributed by atoms with Gasteiger partial charge in [-0.05, 0) is 51.0 Å². The number of aromatic hydroxyl groups is 1. The van der Waals surface area contributed by atoms with Crippen LogP contribution in [0.4, 0.5) is 4.79 Å². The van der Waals surface area contributed by atoms with Crippen LogP contribution in [0.25, 0.3) is 0 Å². The van der Waals surface area contributed by atoms with Gasteiger partial charge in [-0.2, -0.15) is 0 Å². The molecule has 0 heterocycles. The monoisotopic (exact) mass is 297 g/mol. The van der Waals surface area contributed by atoms with Crippen molar-refractivity contribution in [2.24, 2.45) is 0 Å². The van der Waals surface area contributed by atoms with E-state index in [0.29, 0.717) is 5.56 Å². The molecule has 0 spiro atoms. The molecule has 0 radical (unpaired) electrons. The summed E-state index contributed by atoms with van der Waals surface area (Å²) in [5.41, 5.74) is 0.514. The van der Waals surface area contributed by atoms with Crippen LogP contribution in [0.5, 0.6) is 5.75 Å². The second-order valence-corrected chi connectivity index (χ2v) is 5.94. The SMILES string of the molecule is Cc1ccc(O)cc1C(O)C(O)CNC(=O)OC(C)(C)C. The number of amides is 1. The number of ether oxygens (including phenoxy) is 1. The molecular formula is C15H23NO5. The number of benzene rings is 1. The molecular weight excluding hydrogens is 274 g/mol. The van der Waals surface area contributed by atoms with Crippen molar-refractivity contribution in [2.45, 2.75) is 45.5 Å². The average molecular weight is 297 g/mol. The molecule has 0 fully saturated rings. The number of aliphatic hydroxyl groups excluding tert-OH is 2. The van der Waals surface area contributed by atoms with Gasteiger partial charge < -0.3 is 25.4 Å². The third kappa shape index (κ3) is 5.61. The fraction of sp³-hybridized carbons (Fsp3) is 0.533. The highest BCUT2D eigenvalue weighted by Crippen LogP contribution is 2.24. The van der Waals surface area contributed by atoms with Crippen LogP contribution in [0.15, 0.2) is 18.2 Å². The lowest BCUT2D eigenvalue weighted by molar-refractivity contribution is 0.0125. The molecule has 118 valence electrons. The van der Waals surface area contributed by atoms with Gasteiger partial charge in [0.2, 0.25) is 0 Å². The molecule has 6 nitrogen and oxygen atoms in total. The number of alkyl carbamates (subject to hydrolysis) is 1. The lowest BCUT2D eigenvalue weighted by atomic mass is 9.99. The minimum absolute atomic E-state index is 0.00181. The van der Waals surface area contributed by atoms with Crippen LogP contribution in [0.2, 0.25) is 0 Å². The first kappa shape index (κ1) is 17.3. The molecule has 0 saturated carbocycles. The number of phenols is 1. The number of carbonyl (C=O) groups is 1. The Morgan fingerprint density at radius 3 is 2.52 bits per heavy atom. The first-order valence-corrected chi connectivity index (χ1v) is 6.72. The maximum atomic E-state index is 11.5. The average Bonchev–Trinajstić information content (AvgIpc) is 2.36. The fourth-order valence-electron chi connectivity index (χ4n) is 1.77. The quantitative estimate of drug-likeness (QED) is 0.677. The van der Waals surface area contributed by atoms with Crippen LogP contribution in [0, 0.1) is 6.92 Å². The Kier molecular flexibility index (Phi) is 5.57. The van der Waals surface area contributed by atoms with E-state index in [9.17, 15) is 20.1 Å². The second-order valence-electron chi connectivity index (χ2n) is 5.94. The van der Waals surface area contributed by atoms with Gasteiger partial charge in [-0.3, -0.25) is 0 Å². The number of hydrogen-bond acceptors (Lipinski definition) is 5. The van der Waals surface area contributed by atoms with E-state index in [4.69, 9.17) is 4.74 Å². The molecule has 0 bridgehead atoms. The van der Waals surface area contributed by atoms with Crippen LogP contribution in [-0.4, -0.2) is 39.7 Å². The largest absolute Gasteiger partial charge is 0.508 e. The van der Waals surface area contributed by atoms with Gasteiger partial charge >= 0.3 is 6.09 Å². The molecule has 0 aromatic heterocycles. The highest BCUT2D eigenvalue weighted by Gasteiger charge is 2.22. The van der Waals surface area contributed by atoms with Crippen molar-refractivity contribution in [1.82, 2.24) is 5.32 Å². The van der Waals surface area contributed by atoms with E-state index in [1.165, 1.54) is 12.1 Å². The third-order valence-corrected chi connectivity index (χ3v) is 2.80. The number of aliphatic hydroxyl groups is 2. The summed E-state index contributed by atoms with van der Waals surface area (Å²) in [5.74, 6) is 0.00181. The van der Waals surface area contributed by atoms with E-state index in [1.54, 1.807) is 33.8 Å². The Balaban J connectivity index is 2.61. The number of phenolic OH excluding ortho intramolecular Hbond substituents is 1. The van der Waals surface area contributed by atoms with Crippen molar-refractivity contribution in [3.63, 3.8) is 0 Å². The smallest absolute Gasteiger partial charge is 0.407 e. The van der Waals surface area contributed by atoms with Crippen molar-refractivity contribution in [3.8, 4) is 5.75 Å². The summed E-state index contributed by atoms with van der Waals surface area (Å²) in [6.07, 6.45) is -3.09. The molecule has 0 saturated heterocycles. The number of aryl methyl sites for hydroxylation is 1. The Morgan fingerprint density at radius 1 is 1.33 bits per heavy atom. The van der Waals surface area contributed by atoms with Crippen molar-refractivity contribution in [3.05, 3.63) is 29.3 Å². The van der Waals surface area contributed by atoms with E-state index < -0.39 is 23.9 Å². The summed E-state index contributed by atoms with van der Waals surface area (Å²) in [4.78, 5) is 11.5. The zero-order valence-electron chi connectivity index (χ0n) is 12.8. The standard InChI is InChI=1S/C15H23NO5/c1-9-5-6-10(17)7-11(9)13(19)12(18)8-16-14(20)21-15(2,3)4/h5-7,12-13,17-19H,8H2,1-4H3,(H,16,20). The van der Waals surface area contributed by atoms with Crippen LogP contribution in [-0.2, 0) is 4.74 Å². The zero-order valence-corrected chi connectivity index (χ0v) is 12.8. The predicted octanol–water partition coefficient (Wildman–Crippen LogP) is 1.62. The van der Waals surface area contributed by atoms with Crippen molar-refractivity contribution >= 4 is 6.09 Å². The maximum Gasteiger partial charge on any atom is 0.407 e. The molecule has 2 atom stereocenters. The summed E-state index contributed by atoms with van der Waals surface area (Å²) in [6, 6.07) is 4.52. The van der Waals surface area contributed by atoms with Gasteiger partial charge in [0.05, 0.1) is 0 Å². The van der Waals surface area contributed by atoms with Gasteiger partial charge in [-0.1, -0.05) is 6.07 Å². The van der Waals surface area contributed by atoms with Gasteiger partial charge in [0.1, 0.15) is 23.6 Å². The molecule has 1 aromatic rings. The van der Waals surface area contributed by atoms with Gasteiger partial charge in [0.25, 0.3) is 0 Å². The van der Waals surface area contributed by atoms with Gasteiger partial charge in [-0.15, -0.1) is 0 Å². The topological polar surface area (TPSA) is 99.0 Å². The molecule has 1 amide bonds. The fourth-order valence-corrected chi connectivity index (χ4v) is 1.77. The number of nitrogens with one attached hydrogen (secondary N) is 1. The molecule has 0 aliphatic rings. The molecule has 2 unspecified atom stereocenters. The van der Waals surface area contributed by atoms with E-state index in [1.807, 2.05) is 0 Å². The zero-order chi connectivity index (χ0) is 16.2. The van der Waals surface area contributed by atoms with Gasteiger partial charge in [-0.25, -0.2) is 4.79 Å². The van der Waals surface area contributed by atoms with E-state index >= 15 is 0 Å². The Morgan fingerprint density at radius 2 is 1.95 bits per heavy atom. The second kappa shape index (κ2) is 6.78. The molecule has 21 heavy (non-hydrogen) atoms. The van der Waals surface area contributed by atoms with Crippen LogP contribution in [0.3, 0.4) is 0 Å². The first-order valence-electron chi connectivity index (χ1n) is 6.72. The van der Waals surface area contributed by atoms with E-state index in [2.05, 4.69) is 5.32 Å². The molecule has 0 aliphatic heterocycles. The van der Waals surface area contributed by atoms with E-state index in [0.717, 1.165) is 5.56 Å². The number of hydrogen-bond donors (Lipinski definition) is 4. The molecule has 0 aliphatic carbocycles. The first-order chi connectivity index (χ1) is 9.60. The molecule has 6 heteroatoms. The van der Waals surface area contributed by atoms with Crippen LogP contribution in [0.1, 0.15) is 38.0 Å². The Bertz CT molecular complexity index is 495. The van der Waals surface area contributed by atoms with E-state index in [-0.39, 0.29) is 12.3 Å². The lowest BCUT2D eigenvalue weighted by Crippen LogP contribution is -2.39. The van der Waals surface area contributed by atoms with Crippen molar-refractivity contribution in [2.75, 3.05) is 6.54 Å². The lowest BCUT2D eigenvalue weighted by Gasteiger charge is -2.23. The summed E-state index contributed by atoms with van der Waals surface area (Å²) < 4.78 is 5.03. The minimum atomic E-state index is -1.22. The Labute approximate surface area is 124 Å².